The van der Waals surface area contributed by atoms with Crippen molar-refractivity contribution in [2.75, 3.05) is 26.7 Å². The Morgan fingerprint density at radius 2 is 1.94 bits per heavy atom. The molecule has 0 bridgehead atoms. The average molecular weight is 228 g/mol. The molecule has 0 aromatic heterocycles. The minimum Gasteiger partial charge on any atom is -0.446 e. The highest BCUT2D eigenvalue weighted by Crippen LogP contribution is 2.14. The number of nitrogens with zero attached hydrogens (tertiary/aromatic N) is 2. The monoisotopic (exact) mass is 228 g/mol. The quantitative estimate of drug-likeness (QED) is 0.710. The SMILES string of the molecule is CCN(C)C(=O)OC1CCN(C(C)=O)CC1. The Balaban J connectivity index is 2.32. The number of hydrogen-bond acceptors (Lipinski definition) is 3. The van der Waals surface area contributed by atoms with Gasteiger partial charge in [0, 0.05) is 46.4 Å². The lowest BCUT2D eigenvalue weighted by Gasteiger charge is -2.31. The Hall–Kier alpha value is -1.26. The fraction of sp³-hybridized carbons (Fsp3) is 0.818. The van der Waals surface area contributed by atoms with Crippen LogP contribution in [0.3, 0.4) is 0 Å². The van der Waals surface area contributed by atoms with Crippen LogP contribution in [0.1, 0.15) is 26.7 Å². The van der Waals surface area contributed by atoms with Gasteiger partial charge in [0.15, 0.2) is 0 Å². The summed E-state index contributed by atoms with van der Waals surface area (Å²) in [6, 6.07) is 0. The lowest BCUT2D eigenvalue weighted by atomic mass is 10.1. The minimum absolute atomic E-state index is 0.0444. The van der Waals surface area contributed by atoms with E-state index in [2.05, 4.69) is 0 Å². The van der Waals surface area contributed by atoms with Gasteiger partial charge in [0.25, 0.3) is 0 Å². The van der Waals surface area contributed by atoms with Crippen molar-refractivity contribution in [3.05, 3.63) is 0 Å². The van der Waals surface area contributed by atoms with E-state index in [0.29, 0.717) is 19.6 Å². The number of ether oxygens (including phenoxy) is 1. The van der Waals surface area contributed by atoms with Crippen LogP contribution in [0.25, 0.3) is 0 Å². The topological polar surface area (TPSA) is 49.9 Å². The van der Waals surface area contributed by atoms with Crippen LogP contribution in [-0.4, -0.2) is 54.6 Å². The molecule has 92 valence electrons. The van der Waals surface area contributed by atoms with Crippen molar-refractivity contribution in [1.29, 1.82) is 0 Å². The normalized spacial score (nSPS) is 17.1. The molecule has 5 nitrogen and oxygen atoms in total. The third-order valence-electron chi connectivity index (χ3n) is 2.94. The number of carbonyl (C=O) groups is 2. The number of likely N-dealkylation sites (tertiary alicyclic amines) is 1. The lowest BCUT2D eigenvalue weighted by molar-refractivity contribution is -0.130. The summed E-state index contributed by atoms with van der Waals surface area (Å²) >= 11 is 0. The smallest absolute Gasteiger partial charge is 0.409 e. The van der Waals surface area contributed by atoms with E-state index >= 15 is 0 Å². The minimum atomic E-state index is -0.274. The third kappa shape index (κ3) is 3.40. The molecule has 16 heavy (non-hydrogen) atoms. The zero-order chi connectivity index (χ0) is 12.1. The molecule has 0 atom stereocenters. The molecule has 5 heteroatoms. The van der Waals surface area contributed by atoms with E-state index in [-0.39, 0.29) is 18.1 Å². The maximum absolute atomic E-state index is 11.5. The second-order valence-electron chi connectivity index (χ2n) is 4.10. The fourth-order valence-electron chi connectivity index (χ4n) is 1.65. The van der Waals surface area contributed by atoms with Gasteiger partial charge in [0.1, 0.15) is 6.10 Å². The van der Waals surface area contributed by atoms with Crippen molar-refractivity contribution >= 4 is 12.0 Å². The third-order valence-corrected chi connectivity index (χ3v) is 2.94. The summed E-state index contributed by atoms with van der Waals surface area (Å²) in [7, 11) is 1.72. The Morgan fingerprint density at radius 1 is 1.38 bits per heavy atom. The molecule has 0 unspecified atom stereocenters. The van der Waals surface area contributed by atoms with Crippen molar-refractivity contribution < 1.29 is 14.3 Å². The van der Waals surface area contributed by atoms with Crippen LogP contribution in [0.5, 0.6) is 0 Å². The first kappa shape index (κ1) is 12.8. The van der Waals surface area contributed by atoms with Gasteiger partial charge in [-0.05, 0) is 6.92 Å². The van der Waals surface area contributed by atoms with Gasteiger partial charge in [-0.3, -0.25) is 4.79 Å². The standard InChI is InChI=1S/C11H20N2O3/c1-4-12(3)11(15)16-10-5-7-13(8-6-10)9(2)14/h10H,4-8H2,1-3H3. The van der Waals surface area contributed by atoms with Gasteiger partial charge in [-0.2, -0.15) is 0 Å². The summed E-state index contributed by atoms with van der Waals surface area (Å²) in [6.07, 6.45) is 1.16. The molecule has 1 heterocycles. The molecule has 0 N–H and O–H groups in total. The van der Waals surface area contributed by atoms with Gasteiger partial charge >= 0.3 is 6.09 Å². The molecule has 1 aliphatic heterocycles. The first-order chi connectivity index (χ1) is 7.54. The van der Waals surface area contributed by atoms with Crippen molar-refractivity contribution in [1.82, 2.24) is 9.80 Å². The molecule has 0 spiro atoms. The van der Waals surface area contributed by atoms with Crippen LogP contribution in [0, 0.1) is 0 Å². The molecular formula is C11H20N2O3. The van der Waals surface area contributed by atoms with E-state index in [1.165, 1.54) is 4.90 Å². The van der Waals surface area contributed by atoms with Gasteiger partial charge in [-0.1, -0.05) is 0 Å². The van der Waals surface area contributed by atoms with Crippen LogP contribution in [0.4, 0.5) is 4.79 Å². The predicted octanol–water partition coefficient (Wildman–Crippen LogP) is 1.09. The van der Waals surface area contributed by atoms with Crippen LogP contribution in [0.15, 0.2) is 0 Å². The Morgan fingerprint density at radius 3 is 2.38 bits per heavy atom. The van der Waals surface area contributed by atoms with Gasteiger partial charge in [-0.15, -0.1) is 0 Å². The molecule has 0 saturated carbocycles. The van der Waals surface area contributed by atoms with E-state index in [0.717, 1.165) is 12.8 Å². The molecule has 0 aliphatic carbocycles. The molecular weight excluding hydrogens is 208 g/mol. The van der Waals surface area contributed by atoms with Crippen LogP contribution in [0.2, 0.25) is 0 Å². The fourth-order valence-corrected chi connectivity index (χ4v) is 1.65. The molecule has 2 amide bonds. The van der Waals surface area contributed by atoms with Gasteiger partial charge < -0.3 is 14.5 Å². The first-order valence-electron chi connectivity index (χ1n) is 5.71. The van der Waals surface area contributed by atoms with Crippen molar-refractivity contribution in [2.45, 2.75) is 32.8 Å². The van der Waals surface area contributed by atoms with Gasteiger partial charge in [0.05, 0.1) is 0 Å². The lowest BCUT2D eigenvalue weighted by Crippen LogP contribution is -2.41. The second-order valence-corrected chi connectivity index (χ2v) is 4.10. The molecule has 0 aromatic rings. The van der Waals surface area contributed by atoms with Crippen molar-refractivity contribution in [3.8, 4) is 0 Å². The van der Waals surface area contributed by atoms with Crippen LogP contribution in [-0.2, 0) is 9.53 Å². The van der Waals surface area contributed by atoms with Crippen molar-refractivity contribution in [3.63, 3.8) is 0 Å². The number of carbonyl (C=O) groups excluding carboxylic acids is 2. The number of hydrogen-bond donors (Lipinski definition) is 0. The number of amides is 2. The van der Waals surface area contributed by atoms with E-state index in [1.54, 1.807) is 18.9 Å². The summed E-state index contributed by atoms with van der Waals surface area (Å²) in [6.45, 7) is 5.48. The zero-order valence-corrected chi connectivity index (χ0v) is 10.2. The summed E-state index contributed by atoms with van der Waals surface area (Å²) in [5, 5.41) is 0. The summed E-state index contributed by atoms with van der Waals surface area (Å²) in [4.78, 5) is 25.9. The predicted molar refractivity (Wildman–Crippen MR) is 60.1 cm³/mol. The van der Waals surface area contributed by atoms with E-state index < -0.39 is 0 Å². The van der Waals surface area contributed by atoms with Gasteiger partial charge in [0.2, 0.25) is 5.91 Å². The second kappa shape index (κ2) is 5.72. The maximum Gasteiger partial charge on any atom is 0.409 e. The Kier molecular flexibility index (Phi) is 4.58. The van der Waals surface area contributed by atoms with E-state index in [4.69, 9.17) is 4.74 Å². The first-order valence-corrected chi connectivity index (χ1v) is 5.71. The molecule has 0 radical (unpaired) electrons. The summed E-state index contributed by atoms with van der Waals surface area (Å²) in [5.74, 6) is 0.0930. The highest BCUT2D eigenvalue weighted by molar-refractivity contribution is 5.73. The Bertz CT molecular complexity index is 260. The van der Waals surface area contributed by atoms with E-state index in [1.807, 2.05) is 6.92 Å². The molecule has 1 aliphatic rings. The Labute approximate surface area is 96.3 Å². The highest BCUT2D eigenvalue weighted by atomic mass is 16.6. The number of piperidine rings is 1. The number of rotatable bonds is 2. The highest BCUT2D eigenvalue weighted by Gasteiger charge is 2.24. The van der Waals surface area contributed by atoms with Gasteiger partial charge in [-0.25, -0.2) is 4.79 Å². The van der Waals surface area contributed by atoms with Crippen molar-refractivity contribution in [2.24, 2.45) is 0 Å². The zero-order valence-electron chi connectivity index (χ0n) is 10.2. The molecule has 1 saturated heterocycles. The molecule has 0 aromatic carbocycles. The molecule has 1 rings (SSSR count). The van der Waals surface area contributed by atoms with Crippen LogP contribution >= 0.6 is 0 Å². The molecule has 1 fully saturated rings. The summed E-state index contributed by atoms with van der Waals surface area (Å²) < 4.78 is 5.32. The average Bonchev–Trinajstić information content (AvgIpc) is 2.28. The summed E-state index contributed by atoms with van der Waals surface area (Å²) in [5.41, 5.74) is 0. The van der Waals surface area contributed by atoms with E-state index in [9.17, 15) is 9.59 Å². The van der Waals surface area contributed by atoms with Crippen LogP contribution < -0.4 is 0 Å². The largest absolute Gasteiger partial charge is 0.446 e. The maximum atomic E-state index is 11.5.